The lowest BCUT2D eigenvalue weighted by Gasteiger charge is -2.00. The van der Waals surface area contributed by atoms with Crippen LogP contribution in [0.25, 0.3) is 0 Å². The first kappa shape index (κ1) is 11.1. The number of aromatic nitrogens is 3. The summed E-state index contributed by atoms with van der Waals surface area (Å²) in [5.41, 5.74) is 0. The quantitative estimate of drug-likeness (QED) is 0.782. The van der Waals surface area contributed by atoms with Gasteiger partial charge in [-0.15, -0.1) is 0 Å². The summed E-state index contributed by atoms with van der Waals surface area (Å²) in [4.78, 5) is 14.5. The summed E-state index contributed by atoms with van der Waals surface area (Å²) in [6, 6.07) is 0. The molecule has 6 nitrogen and oxygen atoms in total. The summed E-state index contributed by atoms with van der Waals surface area (Å²) >= 11 is 0. The molecule has 1 aromatic rings. The lowest BCUT2D eigenvalue weighted by atomic mass is 10.1. The average Bonchev–Trinajstić information content (AvgIpc) is 2.85. The van der Waals surface area contributed by atoms with Gasteiger partial charge in [-0.3, -0.25) is 5.10 Å². The lowest BCUT2D eigenvalue weighted by Crippen LogP contribution is -2.07. The highest BCUT2D eigenvalue weighted by atomic mass is 16.5. The maximum absolute atomic E-state index is 10.2. The van der Waals surface area contributed by atoms with Gasteiger partial charge in [-0.2, -0.15) is 5.10 Å². The van der Waals surface area contributed by atoms with Crippen LogP contribution in [0.3, 0.4) is 0 Å². The summed E-state index contributed by atoms with van der Waals surface area (Å²) < 4.78 is 4.92. The van der Waals surface area contributed by atoms with Crippen LogP contribution in [0.2, 0.25) is 0 Å². The number of nitrogens with one attached hydrogen (secondary N) is 1. The fourth-order valence-corrected chi connectivity index (χ4v) is 1.98. The van der Waals surface area contributed by atoms with Gasteiger partial charge >= 0.3 is 5.97 Å². The van der Waals surface area contributed by atoms with Gasteiger partial charge in [-0.1, -0.05) is 12.8 Å². The number of rotatable bonds is 5. The Hall–Kier alpha value is -1.43. The molecule has 0 unspecified atom stereocenters. The molecule has 1 saturated carbocycles. The van der Waals surface area contributed by atoms with Gasteiger partial charge in [-0.25, -0.2) is 9.78 Å². The Kier molecular flexibility index (Phi) is 3.51. The molecule has 0 amide bonds. The average molecular weight is 225 g/mol. The number of hydrogen-bond acceptors (Lipinski definition) is 4. The van der Waals surface area contributed by atoms with Gasteiger partial charge in [0.05, 0.1) is 0 Å². The molecule has 0 spiro atoms. The zero-order valence-electron chi connectivity index (χ0n) is 8.98. The molecule has 2 N–H and O–H groups in total. The van der Waals surface area contributed by atoms with Crippen molar-refractivity contribution in [3.63, 3.8) is 0 Å². The predicted molar refractivity (Wildman–Crippen MR) is 54.9 cm³/mol. The van der Waals surface area contributed by atoms with Crippen LogP contribution in [0, 0.1) is 0 Å². The molecule has 1 aliphatic rings. The summed E-state index contributed by atoms with van der Waals surface area (Å²) in [6.45, 7) is -0.133. The Morgan fingerprint density at radius 3 is 2.94 bits per heavy atom. The van der Waals surface area contributed by atoms with E-state index < -0.39 is 5.97 Å². The molecular formula is C10H15N3O3. The SMILES string of the molecule is O=C(O)COCc1nc(C2CCCC2)n[nH]1. The molecule has 88 valence electrons. The summed E-state index contributed by atoms with van der Waals surface area (Å²) in [6.07, 6.45) is 4.77. The molecule has 0 saturated heterocycles. The van der Waals surface area contributed by atoms with Crippen molar-refractivity contribution in [2.45, 2.75) is 38.2 Å². The summed E-state index contributed by atoms with van der Waals surface area (Å²) in [5.74, 6) is 0.926. The Bertz CT molecular complexity index is 358. The van der Waals surface area contributed by atoms with E-state index in [2.05, 4.69) is 15.2 Å². The van der Waals surface area contributed by atoms with E-state index in [0.29, 0.717) is 11.7 Å². The Morgan fingerprint density at radius 2 is 2.25 bits per heavy atom. The second-order valence-electron chi connectivity index (χ2n) is 4.01. The highest BCUT2D eigenvalue weighted by Gasteiger charge is 2.21. The highest BCUT2D eigenvalue weighted by molar-refractivity contribution is 5.67. The second-order valence-corrected chi connectivity index (χ2v) is 4.01. The number of hydrogen-bond donors (Lipinski definition) is 2. The van der Waals surface area contributed by atoms with Crippen molar-refractivity contribution < 1.29 is 14.6 Å². The largest absolute Gasteiger partial charge is 0.480 e. The molecule has 1 fully saturated rings. The number of aliphatic carboxylic acids is 1. The maximum atomic E-state index is 10.2. The molecule has 6 heteroatoms. The minimum Gasteiger partial charge on any atom is -0.480 e. The van der Waals surface area contributed by atoms with Crippen LogP contribution in [0.5, 0.6) is 0 Å². The van der Waals surface area contributed by atoms with Crippen LogP contribution in [-0.4, -0.2) is 32.9 Å². The minimum atomic E-state index is -0.976. The van der Waals surface area contributed by atoms with Crippen LogP contribution in [0.4, 0.5) is 0 Å². The lowest BCUT2D eigenvalue weighted by molar-refractivity contribution is -0.142. The van der Waals surface area contributed by atoms with E-state index in [1.165, 1.54) is 12.8 Å². The normalized spacial score (nSPS) is 16.8. The molecular weight excluding hydrogens is 210 g/mol. The fourth-order valence-electron chi connectivity index (χ4n) is 1.98. The summed E-state index contributed by atoms with van der Waals surface area (Å²) in [7, 11) is 0. The zero-order chi connectivity index (χ0) is 11.4. The molecule has 0 bridgehead atoms. The van der Waals surface area contributed by atoms with E-state index in [1.54, 1.807) is 0 Å². The van der Waals surface area contributed by atoms with Crippen molar-refractivity contribution >= 4 is 5.97 Å². The predicted octanol–water partition coefficient (Wildman–Crippen LogP) is 1.06. The van der Waals surface area contributed by atoms with E-state index >= 15 is 0 Å². The van der Waals surface area contributed by atoms with Crippen LogP contribution in [0.15, 0.2) is 0 Å². The van der Waals surface area contributed by atoms with Gasteiger partial charge in [0.15, 0.2) is 11.6 Å². The molecule has 2 rings (SSSR count). The van der Waals surface area contributed by atoms with Gasteiger partial charge in [0.1, 0.15) is 13.2 Å². The van der Waals surface area contributed by atoms with Crippen molar-refractivity contribution in [3.8, 4) is 0 Å². The number of carbonyl (C=O) groups is 1. The van der Waals surface area contributed by atoms with Crippen LogP contribution >= 0.6 is 0 Å². The maximum Gasteiger partial charge on any atom is 0.329 e. The van der Waals surface area contributed by atoms with E-state index in [-0.39, 0.29) is 13.2 Å². The molecule has 0 aliphatic heterocycles. The molecule has 0 radical (unpaired) electrons. The number of nitrogens with zero attached hydrogens (tertiary/aromatic N) is 2. The van der Waals surface area contributed by atoms with E-state index in [1.807, 2.05) is 0 Å². The van der Waals surface area contributed by atoms with Gasteiger partial charge < -0.3 is 9.84 Å². The third-order valence-electron chi connectivity index (χ3n) is 2.73. The first-order valence-electron chi connectivity index (χ1n) is 5.46. The number of aromatic amines is 1. The number of carboxylic acids is 1. The molecule has 1 aromatic heterocycles. The first-order chi connectivity index (χ1) is 7.75. The topological polar surface area (TPSA) is 88.1 Å². The fraction of sp³-hybridized carbons (Fsp3) is 0.700. The number of carboxylic acid groups (broad SMARTS) is 1. The van der Waals surface area contributed by atoms with Crippen LogP contribution in [-0.2, 0) is 16.1 Å². The Morgan fingerprint density at radius 1 is 1.50 bits per heavy atom. The minimum absolute atomic E-state index is 0.173. The standard InChI is InChI=1S/C10H15N3O3/c14-9(15)6-16-5-8-11-10(13-12-8)7-3-1-2-4-7/h7H,1-6H2,(H,14,15)(H,11,12,13). The van der Waals surface area contributed by atoms with Crippen molar-refractivity contribution in [2.24, 2.45) is 0 Å². The van der Waals surface area contributed by atoms with Crippen molar-refractivity contribution in [1.29, 1.82) is 0 Å². The Balaban J connectivity index is 1.84. The van der Waals surface area contributed by atoms with Gasteiger partial charge in [0.25, 0.3) is 0 Å². The zero-order valence-corrected chi connectivity index (χ0v) is 8.98. The number of H-pyrrole nitrogens is 1. The van der Waals surface area contributed by atoms with Crippen LogP contribution < -0.4 is 0 Å². The Labute approximate surface area is 93.0 Å². The van der Waals surface area contributed by atoms with Gasteiger partial charge in [0, 0.05) is 5.92 Å². The highest BCUT2D eigenvalue weighted by Crippen LogP contribution is 2.31. The van der Waals surface area contributed by atoms with Crippen molar-refractivity contribution in [1.82, 2.24) is 15.2 Å². The smallest absolute Gasteiger partial charge is 0.329 e. The third-order valence-corrected chi connectivity index (χ3v) is 2.73. The van der Waals surface area contributed by atoms with Gasteiger partial charge in [0.2, 0.25) is 0 Å². The molecule has 16 heavy (non-hydrogen) atoms. The van der Waals surface area contributed by atoms with E-state index in [9.17, 15) is 4.79 Å². The molecule has 0 atom stereocenters. The van der Waals surface area contributed by atoms with Crippen LogP contribution in [0.1, 0.15) is 43.3 Å². The van der Waals surface area contributed by atoms with E-state index in [4.69, 9.17) is 9.84 Å². The molecule has 1 aliphatic carbocycles. The summed E-state index contributed by atoms with van der Waals surface area (Å²) in [5, 5.41) is 15.3. The second kappa shape index (κ2) is 5.07. The van der Waals surface area contributed by atoms with Crippen molar-refractivity contribution in [2.75, 3.05) is 6.61 Å². The first-order valence-corrected chi connectivity index (χ1v) is 5.46. The molecule has 0 aromatic carbocycles. The third kappa shape index (κ3) is 2.79. The monoisotopic (exact) mass is 225 g/mol. The number of ether oxygens (including phenoxy) is 1. The van der Waals surface area contributed by atoms with Crippen molar-refractivity contribution in [3.05, 3.63) is 11.6 Å². The molecule has 1 heterocycles. The van der Waals surface area contributed by atoms with Gasteiger partial charge in [-0.05, 0) is 12.8 Å². The van der Waals surface area contributed by atoms with E-state index in [0.717, 1.165) is 18.7 Å².